The first kappa shape index (κ1) is 14.0. The van der Waals surface area contributed by atoms with Gasteiger partial charge in [-0.25, -0.2) is 14.3 Å². The minimum atomic E-state index is -0.340. The third kappa shape index (κ3) is 2.21. The summed E-state index contributed by atoms with van der Waals surface area (Å²) in [5, 5.41) is 0. The molecule has 0 N–H and O–H groups in total. The van der Waals surface area contributed by atoms with Gasteiger partial charge in [-0.05, 0) is 37.8 Å². The van der Waals surface area contributed by atoms with E-state index in [1.165, 1.54) is 22.0 Å². The summed E-state index contributed by atoms with van der Waals surface area (Å²) in [4.78, 5) is 29.9. The number of aromatic nitrogens is 4. The molecule has 6 heteroatoms. The number of para-hydroxylation sites is 1. The molecule has 0 aliphatic heterocycles. The predicted octanol–water partition coefficient (Wildman–Crippen LogP) is 1.78. The van der Waals surface area contributed by atoms with Gasteiger partial charge in [-0.2, -0.15) is 0 Å². The van der Waals surface area contributed by atoms with Crippen LogP contribution in [0.1, 0.15) is 19.8 Å². The van der Waals surface area contributed by atoms with E-state index in [1.54, 1.807) is 6.33 Å². The fourth-order valence-corrected chi connectivity index (χ4v) is 2.99. The number of imidazole rings is 1. The molecule has 6 nitrogen and oxygen atoms in total. The molecule has 1 fully saturated rings. The molecule has 23 heavy (non-hydrogen) atoms. The zero-order valence-corrected chi connectivity index (χ0v) is 13.0. The zero-order valence-electron chi connectivity index (χ0n) is 13.0. The van der Waals surface area contributed by atoms with E-state index >= 15 is 0 Å². The summed E-state index contributed by atoms with van der Waals surface area (Å²) < 4.78 is 4.71. The average molecular weight is 310 g/mol. The number of hydrogen-bond acceptors (Lipinski definition) is 3. The average Bonchev–Trinajstić information content (AvgIpc) is 3.28. The van der Waals surface area contributed by atoms with Crippen LogP contribution in [0, 0.1) is 5.92 Å². The summed E-state index contributed by atoms with van der Waals surface area (Å²) in [6.07, 6.45) is 4.07. The first-order valence-electron chi connectivity index (χ1n) is 7.96. The van der Waals surface area contributed by atoms with E-state index in [2.05, 4.69) is 4.98 Å². The van der Waals surface area contributed by atoms with Gasteiger partial charge in [0, 0.05) is 13.1 Å². The highest BCUT2D eigenvalue weighted by atomic mass is 16.2. The summed E-state index contributed by atoms with van der Waals surface area (Å²) in [6, 6.07) is 9.34. The van der Waals surface area contributed by atoms with Gasteiger partial charge in [-0.3, -0.25) is 9.36 Å². The van der Waals surface area contributed by atoms with Crippen LogP contribution < -0.4 is 11.2 Å². The fourth-order valence-electron chi connectivity index (χ4n) is 2.99. The summed E-state index contributed by atoms with van der Waals surface area (Å²) in [5.41, 5.74) is 1.09. The van der Waals surface area contributed by atoms with E-state index in [1.807, 2.05) is 41.8 Å². The molecule has 2 aromatic heterocycles. The molecule has 1 aliphatic rings. The molecule has 0 atom stereocenters. The molecule has 1 aromatic carbocycles. The minimum absolute atomic E-state index is 0.252. The van der Waals surface area contributed by atoms with Crippen LogP contribution in [0.2, 0.25) is 0 Å². The molecule has 2 heterocycles. The van der Waals surface area contributed by atoms with Gasteiger partial charge in [0.1, 0.15) is 0 Å². The Labute approximate surface area is 132 Å². The van der Waals surface area contributed by atoms with Crippen LogP contribution in [-0.4, -0.2) is 18.7 Å². The van der Waals surface area contributed by atoms with E-state index in [0.717, 1.165) is 12.2 Å². The van der Waals surface area contributed by atoms with E-state index in [9.17, 15) is 9.59 Å². The fraction of sp³-hybridized carbons (Fsp3) is 0.353. The quantitative estimate of drug-likeness (QED) is 0.738. The maximum Gasteiger partial charge on any atom is 0.337 e. The van der Waals surface area contributed by atoms with Crippen molar-refractivity contribution in [1.29, 1.82) is 0 Å². The van der Waals surface area contributed by atoms with Crippen molar-refractivity contribution in [2.75, 3.05) is 0 Å². The number of fused-ring (bicyclic) bond motifs is 1. The van der Waals surface area contributed by atoms with Crippen molar-refractivity contribution in [1.82, 2.24) is 18.7 Å². The molecule has 0 amide bonds. The highest BCUT2D eigenvalue weighted by Gasteiger charge is 2.25. The molecule has 118 valence electrons. The Balaban J connectivity index is 2.07. The van der Waals surface area contributed by atoms with Gasteiger partial charge in [-0.15, -0.1) is 0 Å². The van der Waals surface area contributed by atoms with Crippen molar-refractivity contribution in [3.05, 3.63) is 57.5 Å². The molecule has 0 bridgehead atoms. The summed E-state index contributed by atoms with van der Waals surface area (Å²) in [5.74, 6) is 0.624. The second-order valence-corrected chi connectivity index (χ2v) is 6.02. The number of nitrogens with zero attached hydrogens (tertiary/aromatic N) is 4. The third-order valence-electron chi connectivity index (χ3n) is 4.38. The SMILES string of the molecule is CCn1c(=O)c2c(ncn2CC2CC2)n(-c2ccccc2)c1=O. The Morgan fingerprint density at radius 1 is 1.17 bits per heavy atom. The van der Waals surface area contributed by atoms with Crippen LogP contribution in [0.3, 0.4) is 0 Å². The van der Waals surface area contributed by atoms with Crippen molar-refractivity contribution in [2.45, 2.75) is 32.9 Å². The number of rotatable bonds is 4. The zero-order chi connectivity index (χ0) is 16.0. The lowest BCUT2D eigenvalue weighted by Gasteiger charge is -2.11. The van der Waals surface area contributed by atoms with Crippen molar-refractivity contribution in [3.8, 4) is 5.69 Å². The molecule has 0 radical (unpaired) electrons. The Hall–Kier alpha value is -2.63. The van der Waals surface area contributed by atoms with Crippen molar-refractivity contribution < 1.29 is 0 Å². The van der Waals surface area contributed by atoms with Gasteiger partial charge >= 0.3 is 5.69 Å². The molecular formula is C17H18N4O2. The van der Waals surface area contributed by atoms with Gasteiger partial charge in [-0.1, -0.05) is 18.2 Å². The Morgan fingerprint density at radius 2 is 1.91 bits per heavy atom. The van der Waals surface area contributed by atoms with Crippen LogP contribution in [0.15, 0.2) is 46.2 Å². The Bertz CT molecular complexity index is 977. The lowest BCUT2D eigenvalue weighted by molar-refractivity contribution is 0.625. The molecule has 1 saturated carbocycles. The normalized spacial score (nSPS) is 14.5. The van der Waals surface area contributed by atoms with Crippen LogP contribution >= 0.6 is 0 Å². The largest absolute Gasteiger partial charge is 0.337 e. The van der Waals surface area contributed by atoms with Crippen molar-refractivity contribution in [2.24, 2.45) is 5.92 Å². The standard InChI is InChI=1S/C17H18N4O2/c1-2-20-16(22)14-15(18-11-19(14)10-12-8-9-12)21(17(20)23)13-6-4-3-5-7-13/h3-7,11-12H,2,8-10H2,1H3. The lowest BCUT2D eigenvalue weighted by atomic mass is 10.3. The van der Waals surface area contributed by atoms with Crippen LogP contribution in [0.25, 0.3) is 16.9 Å². The molecule has 0 unspecified atom stereocenters. The van der Waals surface area contributed by atoms with Crippen LogP contribution in [-0.2, 0) is 13.1 Å². The maximum atomic E-state index is 12.8. The van der Waals surface area contributed by atoms with Gasteiger partial charge in [0.25, 0.3) is 5.56 Å². The Morgan fingerprint density at radius 3 is 2.57 bits per heavy atom. The monoisotopic (exact) mass is 310 g/mol. The molecule has 4 rings (SSSR count). The predicted molar refractivity (Wildman–Crippen MR) is 88.0 cm³/mol. The highest BCUT2D eigenvalue weighted by Crippen LogP contribution is 2.31. The molecule has 3 aromatic rings. The minimum Gasteiger partial charge on any atom is -0.324 e. The van der Waals surface area contributed by atoms with Crippen LogP contribution in [0.4, 0.5) is 0 Å². The number of benzene rings is 1. The highest BCUT2D eigenvalue weighted by molar-refractivity contribution is 5.72. The Kier molecular flexibility index (Phi) is 3.18. The summed E-state index contributed by atoms with van der Waals surface area (Å²) in [7, 11) is 0. The first-order valence-corrected chi connectivity index (χ1v) is 7.96. The van der Waals surface area contributed by atoms with E-state index < -0.39 is 0 Å². The molecule has 1 aliphatic carbocycles. The molecular weight excluding hydrogens is 292 g/mol. The first-order chi connectivity index (χ1) is 11.2. The van der Waals surface area contributed by atoms with Gasteiger partial charge in [0.05, 0.1) is 12.0 Å². The van der Waals surface area contributed by atoms with Crippen molar-refractivity contribution >= 4 is 11.2 Å². The van der Waals surface area contributed by atoms with E-state index in [0.29, 0.717) is 23.6 Å². The second kappa shape index (κ2) is 5.22. The smallest absolute Gasteiger partial charge is 0.324 e. The molecule has 0 saturated heterocycles. The number of hydrogen-bond donors (Lipinski definition) is 0. The van der Waals surface area contributed by atoms with Gasteiger partial charge in [0.15, 0.2) is 11.2 Å². The van der Waals surface area contributed by atoms with E-state index in [4.69, 9.17) is 0 Å². The van der Waals surface area contributed by atoms with Gasteiger partial charge < -0.3 is 4.57 Å². The van der Waals surface area contributed by atoms with Crippen molar-refractivity contribution in [3.63, 3.8) is 0 Å². The summed E-state index contributed by atoms with van der Waals surface area (Å²) in [6.45, 7) is 2.95. The second-order valence-electron chi connectivity index (χ2n) is 6.02. The summed E-state index contributed by atoms with van der Waals surface area (Å²) >= 11 is 0. The third-order valence-corrected chi connectivity index (χ3v) is 4.38. The molecule has 0 spiro atoms. The lowest BCUT2D eigenvalue weighted by Crippen LogP contribution is -2.39. The van der Waals surface area contributed by atoms with Crippen LogP contribution in [0.5, 0.6) is 0 Å². The maximum absolute atomic E-state index is 12.8. The topological polar surface area (TPSA) is 61.8 Å². The van der Waals surface area contributed by atoms with E-state index in [-0.39, 0.29) is 11.2 Å². The van der Waals surface area contributed by atoms with Gasteiger partial charge in [0.2, 0.25) is 0 Å².